The van der Waals surface area contributed by atoms with Gasteiger partial charge >= 0.3 is 5.69 Å². The Balaban J connectivity index is 3.41. The smallest absolute Gasteiger partial charge is 0.311 e. The van der Waals surface area contributed by atoms with Crippen LogP contribution in [0.15, 0.2) is 12.1 Å². The van der Waals surface area contributed by atoms with E-state index in [-0.39, 0.29) is 23.4 Å². The van der Waals surface area contributed by atoms with Gasteiger partial charge in [-0.15, -0.1) is 0 Å². The molecule has 0 unspecified atom stereocenters. The number of ether oxygens (including phenoxy) is 1. The van der Waals surface area contributed by atoms with E-state index in [0.29, 0.717) is 11.8 Å². The van der Waals surface area contributed by atoms with Gasteiger partial charge in [-0.25, -0.2) is 0 Å². The molecule has 0 aliphatic rings. The Bertz CT molecular complexity index is 476. The van der Waals surface area contributed by atoms with Gasteiger partial charge in [0.1, 0.15) is 0 Å². The molecule has 0 aliphatic heterocycles. The molecular formula is C10H8N2O4. The lowest BCUT2D eigenvalue weighted by atomic mass is 10.0. The fourth-order valence-corrected chi connectivity index (χ4v) is 1.28. The molecule has 1 aromatic rings. The first-order chi connectivity index (χ1) is 7.63. The first-order valence-corrected chi connectivity index (χ1v) is 4.31. The lowest BCUT2D eigenvalue weighted by molar-refractivity contribution is -0.385. The summed E-state index contributed by atoms with van der Waals surface area (Å²) in [4.78, 5) is 20.8. The topological polar surface area (TPSA) is 93.2 Å². The lowest BCUT2D eigenvalue weighted by Crippen LogP contribution is -1.99. The molecule has 1 aromatic carbocycles. The standard InChI is InChI=1S/C10H8N2O4/c1-16-10-5-8(6-13)7(2-3-11)4-9(10)12(14)15/h4-6H,2H2,1H3. The van der Waals surface area contributed by atoms with Crippen molar-refractivity contribution in [2.45, 2.75) is 6.42 Å². The molecule has 0 aliphatic carbocycles. The molecule has 6 nitrogen and oxygen atoms in total. The van der Waals surface area contributed by atoms with Crippen LogP contribution in [-0.4, -0.2) is 18.3 Å². The average molecular weight is 220 g/mol. The van der Waals surface area contributed by atoms with Gasteiger partial charge in [0.05, 0.1) is 24.5 Å². The zero-order chi connectivity index (χ0) is 12.1. The monoisotopic (exact) mass is 220 g/mol. The summed E-state index contributed by atoms with van der Waals surface area (Å²) in [6.45, 7) is 0. The molecule has 1 rings (SSSR count). The Morgan fingerprint density at radius 3 is 2.75 bits per heavy atom. The van der Waals surface area contributed by atoms with Gasteiger partial charge < -0.3 is 4.74 Å². The number of nitriles is 1. The van der Waals surface area contributed by atoms with E-state index in [0.717, 1.165) is 0 Å². The lowest BCUT2D eigenvalue weighted by Gasteiger charge is -2.05. The van der Waals surface area contributed by atoms with Gasteiger partial charge in [-0.2, -0.15) is 5.26 Å². The number of carbonyl (C=O) groups excluding carboxylic acids is 1. The fraction of sp³-hybridized carbons (Fsp3) is 0.200. The van der Waals surface area contributed by atoms with E-state index in [2.05, 4.69) is 0 Å². The van der Waals surface area contributed by atoms with Gasteiger partial charge in [-0.05, 0) is 11.6 Å². The van der Waals surface area contributed by atoms with E-state index >= 15 is 0 Å². The third kappa shape index (κ3) is 2.15. The number of hydrogen-bond acceptors (Lipinski definition) is 5. The predicted octanol–water partition coefficient (Wildman–Crippen LogP) is 1.48. The van der Waals surface area contributed by atoms with Crippen LogP contribution in [0, 0.1) is 21.4 Å². The third-order valence-corrected chi connectivity index (χ3v) is 2.03. The number of aldehydes is 1. The summed E-state index contributed by atoms with van der Waals surface area (Å²) in [5.74, 6) is 0.00814. The summed E-state index contributed by atoms with van der Waals surface area (Å²) >= 11 is 0. The van der Waals surface area contributed by atoms with Crippen molar-refractivity contribution in [3.05, 3.63) is 33.4 Å². The van der Waals surface area contributed by atoms with Crippen LogP contribution in [0.2, 0.25) is 0 Å². The van der Waals surface area contributed by atoms with Crippen LogP contribution in [0.3, 0.4) is 0 Å². The minimum Gasteiger partial charge on any atom is -0.490 e. The van der Waals surface area contributed by atoms with Crippen molar-refractivity contribution in [2.24, 2.45) is 0 Å². The molecule has 0 radical (unpaired) electrons. The van der Waals surface area contributed by atoms with Crippen molar-refractivity contribution < 1.29 is 14.5 Å². The Morgan fingerprint density at radius 2 is 2.31 bits per heavy atom. The van der Waals surface area contributed by atoms with Crippen molar-refractivity contribution in [1.82, 2.24) is 0 Å². The quantitative estimate of drug-likeness (QED) is 0.435. The van der Waals surface area contributed by atoms with Crippen molar-refractivity contribution in [3.63, 3.8) is 0 Å². The largest absolute Gasteiger partial charge is 0.490 e. The number of nitrogens with zero attached hydrogens (tertiary/aromatic N) is 2. The number of nitro benzene ring substituents is 1. The van der Waals surface area contributed by atoms with E-state index in [1.54, 1.807) is 0 Å². The van der Waals surface area contributed by atoms with Gasteiger partial charge in [0, 0.05) is 11.6 Å². The third-order valence-electron chi connectivity index (χ3n) is 2.03. The maximum Gasteiger partial charge on any atom is 0.311 e. The summed E-state index contributed by atoms with van der Waals surface area (Å²) in [6, 6.07) is 4.29. The van der Waals surface area contributed by atoms with Gasteiger partial charge in [-0.3, -0.25) is 14.9 Å². The highest BCUT2D eigenvalue weighted by atomic mass is 16.6. The molecule has 6 heteroatoms. The molecule has 0 fully saturated rings. The number of nitro groups is 1. The summed E-state index contributed by atoms with van der Waals surface area (Å²) in [6.07, 6.45) is 0.484. The molecule has 0 heterocycles. The zero-order valence-corrected chi connectivity index (χ0v) is 8.47. The summed E-state index contributed by atoms with van der Waals surface area (Å²) < 4.78 is 4.80. The molecule has 0 atom stereocenters. The molecule has 82 valence electrons. The second-order valence-electron chi connectivity index (χ2n) is 2.93. The summed E-state index contributed by atoms with van der Waals surface area (Å²) in [5, 5.41) is 19.2. The maximum absolute atomic E-state index is 10.7. The van der Waals surface area contributed by atoms with Crippen LogP contribution >= 0.6 is 0 Å². The van der Waals surface area contributed by atoms with Crippen LogP contribution in [0.1, 0.15) is 15.9 Å². The van der Waals surface area contributed by atoms with Gasteiger partial charge in [0.25, 0.3) is 0 Å². The van der Waals surface area contributed by atoms with Gasteiger partial charge in [0.2, 0.25) is 0 Å². The Morgan fingerprint density at radius 1 is 1.62 bits per heavy atom. The summed E-state index contributed by atoms with van der Waals surface area (Å²) in [7, 11) is 1.28. The van der Waals surface area contributed by atoms with E-state index in [9.17, 15) is 14.9 Å². The number of rotatable bonds is 4. The number of carbonyl (C=O) groups is 1. The minimum atomic E-state index is -0.617. The number of hydrogen-bond donors (Lipinski definition) is 0. The first-order valence-electron chi connectivity index (χ1n) is 4.31. The van der Waals surface area contributed by atoms with Crippen molar-refractivity contribution >= 4 is 12.0 Å². The highest BCUT2D eigenvalue weighted by Crippen LogP contribution is 2.29. The molecular weight excluding hydrogens is 212 g/mol. The predicted molar refractivity (Wildman–Crippen MR) is 54.4 cm³/mol. The second-order valence-corrected chi connectivity index (χ2v) is 2.93. The van der Waals surface area contributed by atoms with E-state index in [1.165, 1.54) is 19.2 Å². The maximum atomic E-state index is 10.7. The number of methoxy groups -OCH3 is 1. The van der Waals surface area contributed by atoms with Gasteiger partial charge in [0.15, 0.2) is 12.0 Å². The molecule has 0 aromatic heterocycles. The van der Waals surface area contributed by atoms with Crippen LogP contribution < -0.4 is 4.74 Å². The first kappa shape index (κ1) is 11.7. The minimum absolute atomic E-state index is 0.00814. The molecule has 16 heavy (non-hydrogen) atoms. The normalized spacial score (nSPS) is 9.25. The Labute approximate surface area is 91.2 Å². The number of benzene rings is 1. The van der Waals surface area contributed by atoms with Crippen LogP contribution in [0.4, 0.5) is 5.69 Å². The molecule has 0 N–H and O–H groups in total. The molecule has 0 amide bonds. The van der Waals surface area contributed by atoms with E-state index in [4.69, 9.17) is 10.00 Å². The van der Waals surface area contributed by atoms with E-state index in [1.807, 2.05) is 6.07 Å². The van der Waals surface area contributed by atoms with Crippen LogP contribution in [0.5, 0.6) is 5.75 Å². The van der Waals surface area contributed by atoms with Gasteiger partial charge in [-0.1, -0.05) is 0 Å². The van der Waals surface area contributed by atoms with Crippen LogP contribution in [0.25, 0.3) is 0 Å². The van der Waals surface area contributed by atoms with E-state index < -0.39 is 4.92 Å². The Hall–Kier alpha value is -2.42. The molecule has 0 saturated carbocycles. The zero-order valence-electron chi connectivity index (χ0n) is 8.47. The SMILES string of the molecule is COc1cc(C=O)c(CC#N)cc1[N+](=O)[O-]. The van der Waals surface area contributed by atoms with Crippen LogP contribution in [-0.2, 0) is 6.42 Å². The molecule has 0 saturated heterocycles. The molecule has 0 spiro atoms. The second kappa shape index (κ2) is 4.89. The fourth-order valence-electron chi connectivity index (χ4n) is 1.28. The summed E-state index contributed by atoms with van der Waals surface area (Å²) in [5.41, 5.74) is 0.298. The highest BCUT2D eigenvalue weighted by Gasteiger charge is 2.18. The molecule has 0 bridgehead atoms. The van der Waals surface area contributed by atoms with Crippen molar-refractivity contribution in [3.8, 4) is 11.8 Å². The van der Waals surface area contributed by atoms with Crippen molar-refractivity contribution in [2.75, 3.05) is 7.11 Å². The Kier molecular flexibility index (Phi) is 3.56. The average Bonchev–Trinajstić information content (AvgIpc) is 2.28. The van der Waals surface area contributed by atoms with Crippen molar-refractivity contribution in [1.29, 1.82) is 5.26 Å². The highest BCUT2D eigenvalue weighted by molar-refractivity contribution is 5.80.